The van der Waals surface area contributed by atoms with Gasteiger partial charge < -0.3 is 20.1 Å². The number of aryl methyl sites for hydroxylation is 1. The van der Waals surface area contributed by atoms with Crippen LogP contribution in [0.4, 0.5) is 4.39 Å². The fourth-order valence-electron chi connectivity index (χ4n) is 5.26. The molecule has 2 aromatic rings. The predicted molar refractivity (Wildman–Crippen MR) is 143 cm³/mol. The van der Waals surface area contributed by atoms with E-state index in [4.69, 9.17) is 4.74 Å². The van der Waals surface area contributed by atoms with Gasteiger partial charge in [-0.1, -0.05) is 12.1 Å². The molecule has 2 heterocycles. The van der Waals surface area contributed by atoms with Crippen molar-refractivity contribution < 1.29 is 28.6 Å². The second-order valence-corrected chi connectivity index (χ2v) is 11.0. The number of rotatable bonds is 7. The number of aliphatic hydroxyl groups is 1. The Kier molecular flexibility index (Phi) is 8.42. The van der Waals surface area contributed by atoms with Crippen molar-refractivity contribution in [1.29, 1.82) is 5.26 Å². The topological polar surface area (TPSA) is 144 Å². The lowest BCUT2D eigenvalue weighted by Crippen LogP contribution is -2.56. The van der Waals surface area contributed by atoms with Crippen LogP contribution < -0.4 is 20.9 Å². The molecule has 0 bridgehead atoms. The summed E-state index contributed by atoms with van der Waals surface area (Å²) in [7, 11) is 0. The number of nitrogens with zero attached hydrogens (tertiary/aromatic N) is 2. The molecule has 2 saturated heterocycles. The van der Waals surface area contributed by atoms with E-state index in [-0.39, 0.29) is 30.5 Å². The molecule has 0 aliphatic carbocycles. The van der Waals surface area contributed by atoms with E-state index in [1.54, 1.807) is 45.0 Å². The maximum atomic E-state index is 14.0. The number of nitriles is 1. The van der Waals surface area contributed by atoms with Gasteiger partial charge in [-0.25, -0.2) is 9.82 Å². The van der Waals surface area contributed by atoms with Crippen molar-refractivity contribution in [1.82, 2.24) is 21.1 Å². The van der Waals surface area contributed by atoms with Gasteiger partial charge in [0, 0.05) is 18.0 Å². The Balaban J connectivity index is 1.48. The second-order valence-electron chi connectivity index (χ2n) is 11.0. The number of nitrogens with one attached hydrogen (secondary N) is 3. The maximum Gasteiger partial charge on any atom is 0.275 e. The highest BCUT2D eigenvalue weighted by Crippen LogP contribution is 2.43. The van der Waals surface area contributed by atoms with Crippen LogP contribution in [0, 0.1) is 29.5 Å². The molecule has 11 heteroatoms. The number of benzene rings is 2. The Labute approximate surface area is 232 Å². The lowest BCUT2D eigenvalue weighted by molar-refractivity contribution is -0.135. The molecule has 10 nitrogen and oxygen atoms in total. The molecule has 2 unspecified atom stereocenters. The molecule has 40 heavy (non-hydrogen) atoms. The summed E-state index contributed by atoms with van der Waals surface area (Å²) in [6, 6.07) is 11.1. The highest BCUT2D eigenvalue weighted by atomic mass is 19.1. The van der Waals surface area contributed by atoms with Gasteiger partial charge >= 0.3 is 0 Å². The van der Waals surface area contributed by atoms with Crippen molar-refractivity contribution in [2.24, 2.45) is 5.41 Å². The van der Waals surface area contributed by atoms with Crippen LogP contribution in [0.25, 0.3) is 0 Å². The van der Waals surface area contributed by atoms with Gasteiger partial charge in [-0.3, -0.25) is 19.8 Å². The molecule has 0 radical (unpaired) electrons. The Morgan fingerprint density at radius 3 is 2.67 bits per heavy atom. The van der Waals surface area contributed by atoms with Crippen molar-refractivity contribution in [3.63, 3.8) is 0 Å². The van der Waals surface area contributed by atoms with Crippen LogP contribution >= 0.6 is 0 Å². The molecule has 5 atom stereocenters. The predicted octanol–water partition coefficient (Wildman–Crippen LogP) is 2.28. The molecular formula is C29H34FN5O5. The fraction of sp³-hybridized carbons (Fsp3) is 0.448. The summed E-state index contributed by atoms with van der Waals surface area (Å²) in [6.45, 7) is 6.64. The lowest BCUT2D eigenvalue weighted by Gasteiger charge is -2.36. The van der Waals surface area contributed by atoms with Gasteiger partial charge in [-0.2, -0.15) is 5.26 Å². The zero-order valence-electron chi connectivity index (χ0n) is 22.9. The molecule has 0 aromatic heterocycles. The number of carbonyl (C=O) groups excluding carboxylic acids is 3. The molecule has 212 valence electrons. The summed E-state index contributed by atoms with van der Waals surface area (Å²) in [6.07, 6.45) is -1.06. The third-order valence-corrected chi connectivity index (χ3v) is 7.47. The van der Waals surface area contributed by atoms with Crippen molar-refractivity contribution in [3.05, 3.63) is 65.0 Å². The lowest BCUT2D eigenvalue weighted by atomic mass is 9.84. The Morgan fingerprint density at radius 2 is 2.00 bits per heavy atom. The van der Waals surface area contributed by atoms with Crippen molar-refractivity contribution in [3.8, 4) is 11.8 Å². The maximum absolute atomic E-state index is 14.0. The summed E-state index contributed by atoms with van der Waals surface area (Å²) in [5, 5.41) is 23.3. The highest BCUT2D eigenvalue weighted by Gasteiger charge is 2.50. The van der Waals surface area contributed by atoms with Crippen molar-refractivity contribution in [2.45, 2.75) is 70.9 Å². The molecular weight excluding hydrogens is 517 g/mol. The van der Waals surface area contributed by atoms with Crippen LogP contribution in [0.15, 0.2) is 42.5 Å². The number of carbonyl (C=O) groups is 3. The molecule has 2 aromatic carbocycles. The first-order valence-corrected chi connectivity index (χ1v) is 13.2. The minimum Gasteiger partial charge on any atom is -0.480 e. The number of hydrazine groups is 1. The zero-order chi connectivity index (χ0) is 29.2. The van der Waals surface area contributed by atoms with Crippen LogP contribution in [-0.4, -0.2) is 58.6 Å². The van der Waals surface area contributed by atoms with E-state index in [2.05, 4.69) is 22.2 Å². The monoisotopic (exact) mass is 551 g/mol. The van der Waals surface area contributed by atoms with E-state index in [1.165, 1.54) is 23.1 Å². The van der Waals surface area contributed by atoms with E-state index in [1.807, 2.05) is 6.92 Å². The zero-order valence-corrected chi connectivity index (χ0v) is 22.9. The average Bonchev–Trinajstić information content (AvgIpc) is 3.28. The van der Waals surface area contributed by atoms with Gasteiger partial charge in [-0.05, 0) is 75.6 Å². The van der Waals surface area contributed by atoms with E-state index in [9.17, 15) is 29.1 Å². The molecule has 0 spiro atoms. The van der Waals surface area contributed by atoms with Gasteiger partial charge in [0.2, 0.25) is 5.91 Å². The molecule has 2 aliphatic rings. The molecule has 2 fully saturated rings. The van der Waals surface area contributed by atoms with Gasteiger partial charge in [-0.15, -0.1) is 0 Å². The van der Waals surface area contributed by atoms with Crippen LogP contribution in [0.3, 0.4) is 0 Å². The van der Waals surface area contributed by atoms with Gasteiger partial charge in [0.05, 0.1) is 36.2 Å². The van der Waals surface area contributed by atoms with Crippen molar-refractivity contribution >= 4 is 17.7 Å². The summed E-state index contributed by atoms with van der Waals surface area (Å²) in [5.74, 6) is -1.33. The van der Waals surface area contributed by atoms with Crippen molar-refractivity contribution in [2.75, 3.05) is 6.54 Å². The quantitative estimate of drug-likeness (QED) is 0.413. The van der Waals surface area contributed by atoms with E-state index in [0.717, 1.165) is 0 Å². The number of ether oxygens (including phenoxy) is 1. The number of amides is 3. The second kappa shape index (κ2) is 11.6. The summed E-state index contributed by atoms with van der Waals surface area (Å²) in [4.78, 5) is 40.0. The Hall–Kier alpha value is -4.01. The third kappa shape index (κ3) is 6.08. The standard InChI is InChI=1S/C29H34FN5O5/c1-16-10-19(8-9-22(16)40-23-11-17(2)33-34-28(23)39)27(38)32-14-25(37)35-24(29(3,4)15-31)13-21(36)26(35)18-6-5-7-20(30)12-18/h5-10,12,17,21,23-24,26,33,36H,11,13-14H2,1-4H3,(H,32,38)(H,34,39)/t17?,21-,23?,24-,26-/m1/s1. The van der Waals surface area contributed by atoms with E-state index < -0.39 is 47.3 Å². The summed E-state index contributed by atoms with van der Waals surface area (Å²) < 4.78 is 19.9. The SMILES string of the molecule is Cc1cc(C(=O)NCC(=O)N2[C@H](c3cccc(F)c3)[C@H](O)C[C@@H]2C(C)(C)C#N)ccc1OC1CC(C)NNC1=O. The number of hydrogen-bond donors (Lipinski definition) is 4. The number of hydrogen-bond acceptors (Lipinski definition) is 7. The summed E-state index contributed by atoms with van der Waals surface area (Å²) in [5.41, 5.74) is 5.76. The third-order valence-electron chi connectivity index (χ3n) is 7.47. The molecule has 0 saturated carbocycles. The van der Waals surface area contributed by atoms with Crippen LogP contribution in [0.5, 0.6) is 5.75 Å². The first-order valence-electron chi connectivity index (χ1n) is 13.2. The van der Waals surface area contributed by atoms with E-state index in [0.29, 0.717) is 23.3 Å². The average molecular weight is 552 g/mol. The van der Waals surface area contributed by atoms with Crippen LogP contribution in [0.2, 0.25) is 0 Å². The first-order chi connectivity index (χ1) is 18.9. The number of likely N-dealkylation sites (tertiary alicyclic amines) is 1. The van der Waals surface area contributed by atoms with Crippen LogP contribution in [-0.2, 0) is 9.59 Å². The Bertz CT molecular complexity index is 1340. The van der Waals surface area contributed by atoms with E-state index >= 15 is 0 Å². The first kappa shape index (κ1) is 29.0. The molecule has 2 aliphatic heterocycles. The molecule has 4 N–H and O–H groups in total. The van der Waals surface area contributed by atoms with Gasteiger partial charge in [0.15, 0.2) is 6.10 Å². The normalized spacial score (nSPS) is 24.7. The van der Waals surface area contributed by atoms with Gasteiger partial charge in [0.1, 0.15) is 11.6 Å². The van der Waals surface area contributed by atoms with Gasteiger partial charge in [0.25, 0.3) is 11.8 Å². The molecule has 4 rings (SSSR count). The highest BCUT2D eigenvalue weighted by molar-refractivity contribution is 5.97. The number of halogens is 1. The van der Waals surface area contributed by atoms with Crippen LogP contribution in [0.1, 0.15) is 61.1 Å². The smallest absolute Gasteiger partial charge is 0.275 e. The number of aliphatic hydroxyl groups excluding tert-OH is 1. The fourth-order valence-corrected chi connectivity index (χ4v) is 5.26. The minimum absolute atomic E-state index is 0.0427. The Morgan fingerprint density at radius 1 is 1.25 bits per heavy atom. The molecule has 3 amide bonds. The largest absolute Gasteiger partial charge is 0.480 e. The summed E-state index contributed by atoms with van der Waals surface area (Å²) >= 11 is 0. The minimum atomic E-state index is -1.01.